The number of urea groups is 3. The van der Waals surface area contributed by atoms with Crippen LogP contribution in [0.2, 0.25) is 0 Å². The first kappa shape index (κ1) is 62.2. The summed E-state index contributed by atoms with van der Waals surface area (Å²) in [7, 11) is 10.7. The summed E-state index contributed by atoms with van der Waals surface area (Å²) in [4.78, 5) is 100. The number of carboxylic acid groups (broad SMARTS) is 2. The number of carbonyl (C=O) groups is 7. The SMILES string of the molecule is CN(C)C(=O)N1C[C@@H]2CC(C)(N)C[C@@H]2C1.O=C(O)C(O)C(O)C(=O)O.[C-]#[N+][C@@H]1C[C@H](F)CN1C(=O)CNC1(C)C[C@H]2CN(C(=O)N(C)C)C[C@H]2C1.[C-]#[N+][C@@H]1C[C@H](F)CN1C(=O)CNC1(C)C[C@H]2CN(C(=O)N(C)C)C[C@H]2C1. The molecular weight excluding hydrogens is 1010 g/mol. The third-order valence-electron chi connectivity index (χ3n) is 16.5. The number of rotatable bonds is 9. The van der Waals surface area contributed by atoms with E-state index < -0.39 is 48.8 Å². The maximum absolute atomic E-state index is 13.5. The lowest BCUT2D eigenvalue weighted by molar-refractivity contribution is -0.165. The minimum atomic E-state index is -2.27. The van der Waals surface area contributed by atoms with Crippen molar-refractivity contribution in [3.8, 4) is 0 Å². The van der Waals surface area contributed by atoms with Crippen molar-refractivity contribution in [2.24, 2.45) is 41.2 Å². The van der Waals surface area contributed by atoms with Gasteiger partial charge in [0, 0.05) is 98.2 Å². The number of nitrogens with zero attached hydrogens (tertiary/aromatic N) is 10. The summed E-state index contributed by atoms with van der Waals surface area (Å²) in [6, 6.07) is 0.261. The molecule has 8 fully saturated rings. The Morgan fingerprint density at radius 3 is 1.04 bits per heavy atom. The predicted molar refractivity (Wildman–Crippen MR) is 277 cm³/mol. The van der Waals surface area contributed by atoms with Crippen molar-refractivity contribution in [3.05, 3.63) is 22.8 Å². The number of aliphatic hydroxyl groups is 2. The van der Waals surface area contributed by atoms with Crippen molar-refractivity contribution in [2.45, 2.75) is 126 Å². The largest absolute Gasteiger partial charge is 0.479 e. The Kier molecular flexibility index (Phi) is 20.5. The van der Waals surface area contributed by atoms with E-state index in [2.05, 4.69) is 41.1 Å². The third-order valence-corrected chi connectivity index (χ3v) is 16.5. The van der Waals surface area contributed by atoms with E-state index in [1.54, 1.807) is 42.9 Å². The zero-order valence-corrected chi connectivity index (χ0v) is 46.1. The molecule has 8 rings (SSSR count). The summed E-state index contributed by atoms with van der Waals surface area (Å²) < 4.78 is 27.0. The number of aliphatic carboxylic acids is 2. The number of hydrogen-bond acceptors (Lipinski definition) is 12. The van der Waals surface area contributed by atoms with Gasteiger partial charge in [-0.1, -0.05) is 0 Å². The Hall–Kier alpha value is -5.67. The highest BCUT2D eigenvalue weighted by Gasteiger charge is 2.51. The van der Waals surface area contributed by atoms with Crippen LogP contribution in [-0.2, 0) is 19.2 Å². The van der Waals surface area contributed by atoms with E-state index in [0.29, 0.717) is 35.5 Å². The number of alkyl halides is 2. The molecule has 5 aliphatic heterocycles. The van der Waals surface area contributed by atoms with Crippen LogP contribution in [0.15, 0.2) is 0 Å². The van der Waals surface area contributed by atoms with Gasteiger partial charge in [-0.2, -0.15) is 0 Å². The fourth-order valence-electron chi connectivity index (χ4n) is 12.9. The number of hydrogen-bond donors (Lipinski definition) is 7. The second-order valence-corrected chi connectivity index (χ2v) is 24.1. The fraction of sp³-hybridized carbons (Fsp3) is 0.824. The first-order valence-electron chi connectivity index (χ1n) is 26.4. The van der Waals surface area contributed by atoms with Gasteiger partial charge in [-0.3, -0.25) is 29.1 Å². The van der Waals surface area contributed by atoms with E-state index in [4.69, 9.17) is 39.3 Å². The number of carboxylic acids is 2. The molecule has 3 saturated carbocycles. The maximum atomic E-state index is 13.5. The van der Waals surface area contributed by atoms with Gasteiger partial charge in [0.1, 0.15) is 12.3 Å². The minimum absolute atomic E-state index is 0.00257. The molecule has 77 heavy (non-hydrogen) atoms. The first-order valence-corrected chi connectivity index (χ1v) is 26.4. The molecule has 5 heterocycles. The normalized spacial score (nSPS) is 34.1. The highest BCUT2D eigenvalue weighted by Crippen LogP contribution is 2.46. The molecule has 432 valence electrons. The second kappa shape index (κ2) is 25.4. The number of likely N-dealkylation sites (tertiary alicyclic amines) is 5. The Morgan fingerprint density at radius 2 is 0.805 bits per heavy atom. The quantitative estimate of drug-likeness (QED) is 0.159. The molecule has 8 N–H and O–H groups in total. The van der Waals surface area contributed by atoms with E-state index in [1.165, 1.54) is 9.80 Å². The van der Waals surface area contributed by atoms with Gasteiger partial charge in [-0.25, -0.2) is 45.9 Å². The third kappa shape index (κ3) is 15.8. The minimum Gasteiger partial charge on any atom is -0.479 e. The maximum Gasteiger partial charge on any atom is 0.335 e. The van der Waals surface area contributed by atoms with Gasteiger partial charge in [-0.15, -0.1) is 0 Å². The van der Waals surface area contributed by atoms with Crippen LogP contribution in [0, 0.1) is 48.7 Å². The molecule has 3 aliphatic carbocycles. The average molecular weight is 1090 g/mol. The van der Waals surface area contributed by atoms with Gasteiger partial charge in [-0.05, 0) is 94.8 Å². The molecule has 0 radical (unpaired) electrons. The average Bonchev–Trinajstić information content (AvgIpc) is 4.24. The molecule has 5 unspecified atom stereocenters. The number of halogens is 2. The predicted octanol–water partition coefficient (Wildman–Crippen LogP) is 0.952. The first-order chi connectivity index (χ1) is 35.8. The summed E-state index contributed by atoms with van der Waals surface area (Å²) in [6.45, 7) is 25.8. The van der Waals surface area contributed by atoms with Crippen LogP contribution >= 0.6 is 0 Å². The molecule has 24 nitrogen and oxygen atoms in total. The number of amides is 8. The van der Waals surface area contributed by atoms with Crippen LogP contribution < -0.4 is 16.4 Å². The number of carbonyl (C=O) groups excluding carboxylic acids is 5. The molecule has 0 aromatic carbocycles. The summed E-state index contributed by atoms with van der Waals surface area (Å²) in [5.41, 5.74) is 5.83. The second-order valence-electron chi connectivity index (χ2n) is 24.1. The van der Waals surface area contributed by atoms with Crippen LogP contribution in [0.4, 0.5) is 23.2 Å². The monoisotopic (exact) mass is 1090 g/mol. The lowest BCUT2D eigenvalue weighted by Crippen LogP contribution is -2.48. The lowest BCUT2D eigenvalue weighted by atomic mass is 9.98. The van der Waals surface area contributed by atoms with Gasteiger partial charge in [0.2, 0.25) is 11.8 Å². The summed E-state index contributed by atoms with van der Waals surface area (Å²) in [5.74, 6) is -0.886. The smallest absolute Gasteiger partial charge is 0.335 e. The lowest BCUT2D eigenvalue weighted by Gasteiger charge is -2.30. The van der Waals surface area contributed by atoms with E-state index >= 15 is 0 Å². The van der Waals surface area contributed by atoms with E-state index in [0.717, 1.165) is 77.8 Å². The van der Waals surface area contributed by atoms with Gasteiger partial charge < -0.3 is 66.2 Å². The molecule has 5 saturated heterocycles. The van der Waals surface area contributed by atoms with Crippen molar-refractivity contribution in [1.29, 1.82) is 0 Å². The number of fused-ring (bicyclic) bond motifs is 3. The van der Waals surface area contributed by atoms with Crippen molar-refractivity contribution in [3.63, 3.8) is 0 Å². The fourth-order valence-corrected chi connectivity index (χ4v) is 12.9. The van der Waals surface area contributed by atoms with Crippen LogP contribution in [0.25, 0.3) is 9.69 Å². The standard InChI is InChI=1S/2C18H28FN5O2.C11H21N3O.C4H6O6/c2*1-18(21-8-16(25)24-11-14(19)5-15(24)20-2)6-12-9-23(10-13(12)7-18)17(26)22(3)4;1-11(12)4-8-6-14(7-9(8)5-11)10(15)13(2)3;5-1(3(7)8)2(6)4(9)10/h2*12-15,21H,5-11H2,1,3-4H3;8-9H,4-7,12H2,1-3H3;1-2,5-6H,(H,7,8)(H,9,10)/t2*12-,13+,14-,15-,18?;8-,9+,11?;/m00../s1. The molecule has 0 aromatic heterocycles. The summed E-state index contributed by atoms with van der Waals surface area (Å²) in [6.07, 6.45) is -2.03. The van der Waals surface area contributed by atoms with Gasteiger partial charge in [0.05, 0.1) is 39.0 Å². The molecule has 8 amide bonds. The molecular formula is C51H83F2N13O11. The van der Waals surface area contributed by atoms with Crippen LogP contribution in [-0.4, -0.2) is 263 Å². The highest BCUT2D eigenvalue weighted by molar-refractivity contribution is 5.83. The molecule has 8 aliphatic rings. The number of nitrogens with two attached hydrogens (primary N) is 1. The molecule has 0 spiro atoms. The molecule has 0 aromatic rings. The highest BCUT2D eigenvalue weighted by atomic mass is 19.1. The van der Waals surface area contributed by atoms with Crippen LogP contribution in [0.1, 0.15) is 72.1 Å². The van der Waals surface area contributed by atoms with Crippen LogP contribution in [0.3, 0.4) is 0 Å². The zero-order valence-electron chi connectivity index (χ0n) is 46.1. The van der Waals surface area contributed by atoms with E-state index in [-0.39, 0.29) is 85.5 Å². The summed E-state index contributed by atoms with van der Waals surface area (Å²) >= 11 is 0. The molecule has 0 bridgehead atoms. The van der Waals surface area contributed by atoms with E-state index in [9.17, 15) is 42.3 Å². The Labute approximate surface area is 450 Å². The van der Waals surface area contributed by atoms with Gasteiger partial charge in [0.25, 0.3) is 0 Å². The van der Waals surface area contributed by atoms with Gasteiger partial charge in [0.15, 0.2) is 12.2 Å². The Morgan fingerprint density at radius 1 is 0.545 bits per heavy atom. The molecule has 15 atom stereocenters. The Bertz CT molecular complexity index is 2080. The number of aliphatic hydroxyl groups excluding tert-OH is 2. The zero-order chi connectivity index (χ0) is 57.6. The van der Waals surface area contributed by atoms with E-state index in [1.807, 2.05) is 28.8 Å². The van der Waals surface area contributed by atoms with Crippen molar-refractivity contribution < 1.29 is 62.8 Å². The summed E-state index contributed by atoms with van der Waals surface area (Å²) in [5, 5.41) is 39.2. The van der Waals surface area contributed by atoms with Crippen molar-refractivity contribution in [2.75, 3.05) is 108 Å². The molecule has 26 heteroatoms. The Balaban J connectivity index is 0.000000201. The topological polar surface area (TPSA) is 285 Å². The van der Waals surface area contributed by atoms with Crippen molar-refractivity contribution >= 4 is 41.8 Å². The number of nitrogens with one attached hydrogen (secondary N) is 2. The van der Waals surface area contributed by atoms with Gasteiger partial charge >= 0.3 is 42.4 Å². The van der Waals surface area contributed by atoms with Crippen molar-refractivity contribution in [1.82, 2.24) is 49.8 Å². The van der Waals surface area contributed by atoms with Crippen LogP contribution in [0.5, 0.6) is 0 Å².